The molecule has 1 fully saturated rings. The van der Waals surface area contributed by atoms with Crippen LogP contribution in [0, 0.1) is 0 Å². The Balaban J connectivity index is 2.93. The molecule has 0 radical (unpaired) electrons. The van der Waals surface area contributed by atoms with Crippen LogP contribution in [0.1, 0.15) is 13.3 Å². The molecule has 0 spiro atoms. The third-order valence-electron chi connectivity index (χ3n) is 2.16. The van der Waals surface area contributed by atoms with E-state index >= 15 is 0 Å². The molecule has 1 aliphatic heterocycles. The fourth-order valence-electron chi connectivity index (χ4n) is 1.33. The highest BCUT2D eigenvalue weighted by atomic mass is 32.1. The van der Waals surface area contributed by atoms with Gasteiger partial charge in [0.1, 0.15) is 5.57 Å². The smallest absolute Gasteiger partial charge is 0.265 e. The first kappa shape index (κ1) is 13.5. The Hall–Kier alpha value is -1.53. The Morgan fingerprint density at radius 1 is 1.59 bits per heavy atom. The predicted octanol–water partition coefficient (Wildman–Crippen LogP) is 0.113. The standard InChI is InChI=1S/C11H14N2O3S/c1-3-6-13-10(16)8(5-4-7(2)14)9(15)12-11(13)17/h3,5,7,14H,1,4,6H2,2H3,(H,12,15,17)/b8-5+. The third-order valence-corrected chi connectivity index (χ3v) is 2.48. The van der Waals surface area contributed by atoms with Crippen molar-refractivity contribution in [2.24, 2.45) is 0 Å². The van der Waals surface area contributed by atoms with E-state index in [4.69, 9.17) is 17.3 Å². The molecule has 2 amide bonds. The molecule has 0 aromatic carbocycles. The molecule has 0 aromatic rings. The van der Waals surface area contributed by atoms with Crippen LogP contribution in [0.3, 0.4) is 0 Å². The molecule has 5 nitrogen and oxygen atoms in total. The number of aliphatic hydroxyl groups excluding tert-OH is 1. The van der Waals surface area contributed by atoms with Crippen molar-refractivity contribution in [1.29, 1.82) is 0 Å². The maximum Gasteiger partial charge on any atom is 0.265 e. The number of hydrogen-bond donors (Lipinski definition) is 2. The Morgan fingerprint density at radius 3 is 2.76 bits per heavy atom. The first-order chi connectivity index (χ1) is 7.97. The number of aliphatic hydroxyl groups is 1. The van der Waals surface area contributed by atoms with E-state index in [-0.39, 0.29) is 23.7 Å². The zero-order valence-corrected chi connectivity index (χ0v) is 10.3. The summed E-state index contributed by atoms with van der Waals surface area (Å²) in [6.45, 7) is 5.33. The number of amides is 2. The molecular formula is C11H14N2O3S. The topological polar surface area (TPSA) is 69.6 Å². The summed E-state index contributed by atoms with van der Waals surface area (Å²) in [5.74, 6) is -0.986. The zero-order chi connectivity index (χ0) is 13.0. The van der Waals surface area contributed by atoms with Gasteiger partial charge >= 0.3 is 0 Å². The Labute approximate surface area is 105 Å². The number of hydrogen-bond acceptors (Lipinski definition) is 4. The molecule has 1 atom stereocenters. The molecular weight excluding hydrogens is 240 g/mol. The zero-order valence-electron chi connectivity index (χ0n) is 9.47. The van der Waals surface area contributed by atoms with Crippen molar-refractivity contribution in [3.8, 4) is 0 Å². The van der Waals surface area contributed by atoms with Gasteiger partial charge in [0.2, 0.25) is 0 Å². The maximum absolute atomic E-state index is 11.9. The number of carbonyl (C=O) groups is 2. The van der Waals surface area contributed by atoms with Crippen LogP contribution in [0.4, 0.5) is 0 Å². The first-order valence-corrected chi connectivity index (χ1v) is 5.54. The normalized spacial score (nSPS) is 20.5. The van der Waals surface area contributed by atoms with Gasteiger partial charge in [-0.1, -0.05) is 12.2 Å². The first-order valence-electron chi connectivity index (χ1n) is 5.13. The molecule has 0 bridgehead atoms. The van der Waals surface area contributed by atoms with Gasteiger partial charge in [0.15, 0.2) is 5.11 Å². The summed E-state index contributed by atoms with van der Waals surface area (Å²) in [5.41, 5.74) is 0.00125. The minimum absolute atomic E-state index is 0.00125. The molecule has 0 aromatic heterocycles. The second-order valence-electron chi connectivity index (χ2n) is 3.67. The quantitative estimate of drug-likeness (QED) is 0.323. The van der Waals surface area contributed by atoms with Crippen LogP contribution in [0.25, 0.3) is 0 Å². The van der Waals surface area contributed by atoms with E-state index in [1.807, 2.05) is 0 Å². The van der Waals surface area contributed by atoms with Gasteiger partial charge in [-0.3, -0.25) is 19.8 Å². The molecule has 6 heteroatoms. The van der Waals surface area contributed by atoms with Crippen LogP contribution in [-0.4, -0.2) is 39.6 Å². The van der Waals surface area contributed by atoms with Gasteiger partial charge in [-0.25, -0.2) is 0 Å². The number of nitrogens with zero attached hydrogens (tertiary/aromatic N) is 1. The molecule has 17 heavy (non-hydrogen) atoms. The van der Waals surface area contributed by atoms with Gasteiger partial charge in [-0.05, 0) is 25.6 Å². The van der Waals surface area contributed by atoms with E-state index in [2.05, 4.69) is 11.9 Å². The molecule has 1 saturated heterocycles. The lowest BCUT2D eigenvalue weighted by Gasteiger charge is -2.27. The summed E-state index contributed by atoms with van der Waals surface area (Å²) >= 11 is 4.88. The van der Waals surface area contributed by atoms with E-state index < -0.39 is 17.9 Å². The lowest BCUT2D eigenvalue weighted by Crippen LogP contribution is -2.54. The summed E-state index contributed by atoms with van der Waals surface area (Å²) < 4.78 is 0. The summed E-state index contributed by atoms with van der Waals surface area (Å²) in [4.78, 5) is 24.7. The van der Waals surface area contributed by atoms with Crippen molar-refractivity contribution in [2.45, 2.75) is 19.4 Å². The number of thiocarbonyl (C=S) groups is 1. The highest BCUT2D eigenvalue weighted by Crippen LogP contribution is 2.11. The minimum atomic E-state index is -0.607. The van der Waals surface area contributed by atoms with Crippen LogP contribution >= 0.6 is 12.2 Å². The molecule has 2 N–H and O–H groups in total. The summed E-state index contributed by atoms with van der Waals surface area (Å²) in [6, 6.07) is 0. The fourth-order valence-corrected chi connectivity index (χ4v) is 1.58. The maximum atomic E-state index is 11.9. The second-order valence-corrected chi connectivity index (χ2v) is 4.05. The minimum Gasteiger partial charge on any atom is -0.393 e. The van der Waals surface area contributed by atoms with E-state index in [1.165, 1.54) is 17.1 Å². The van der Waals surface area contributed by atoms with Crippen LogP contribution in [0.15, 0.2) is 24.3 Å². The van der Waals surface area contributed by atoms with Crippen molar-refractivity contribution in [2.75, 3.05) is 6.54 Å². The number of nitrogens with one attached hydrogen (secondary N) is 1. The van der Waals surface area contributed by atoms with Crippen molar-refractivity contribution < 1.29 is 14.7 Å². The van der Waals surface area contributed by atoms with E-state index in [0.29, 0.717) is 0 Å². The molecule has 1 unspecified atom stereocenters. The molecule has 0 aliphatic carbocycles. The lowest BCUT2D eigenvalue weighted by molar-refractivity contribution is -0.128. The van der Waals surface area contributed by atoms with Gasteiger partial charge in [0.25, 0.3) is 11.8 Å². The molecule has 0 saturated carbocycles. The van der Waals surface area contributed by atoms with Gasteiger partial charge in [0, 0.05) is 6.54 Å². The van der Waals surface area contributed by atoms with E-state index in [0.717, 1.165) is 0 Å². The summed E-state index contributed by atoms with van der Waals surface area (Å²) in [6.07, 6.45) is 2.57. The Bertz CT molecular complexity index is 402. The van der Waals surface area contributed by atoms with Crippen LogP contribution in [0.5, 0.6) is 0 Å². The highest BCUT2D eigenvalue weighted by molar-refractivity contribution is 7.80. The number of rotatable bonds is 4. The average Bonchev–Trinajstić information content (AvgIpc) is 2.23. The van der Waals surface area contributed by atoms with Gasteiger partial charge < -0.3 is 5.11 Å². The van der Waals surface area contributed by atoms with Crippen LogP contribution < -0.4 is 5.32 Å². The third kappa shape index (κ3) is 3.21. The van der Waals surface area contributed by atoms with E-state index in [1.54, 1.807) is 6.92 Å². The Kier molecular flexibility index (Phi) is 4.53. The largest absolute Gasteiger partial charge is 0.393 e. The fraction of sp³-hybridized carbons (Fsp3) is 0.364. The van der Waals surface area contributed by atoms with E-state index in [9.17, 15) is 9.59 Å². The summed E-state index contributed by atoms with van der Waals surface area (Å²) in [7, 11) is 0. The molecule has 1 heterocycles. The average molecular weight is 254 g/mol. The van der Waals surface area contributed by atoms with Crippen molar-refractivity contribution in [3.63, 3.8) is 0 Å². The predicted molar refractivity (Wildman–Crippen MR) is 67.0 cm³/mol. The molecule has 1 rings (SSSR count). The van der Waals surface area contributed by atoms with Gasteiger partial charge in [0.05, 0.1) is 6.10 Å². The SMILES string of the molecule is C=CCN1C(=O)/C(=C/CC(C)O)C(=O)NC1=S. The Morgan fingerprint density at radius 2 is 2.24 bits per heavy atom. The van der Waals surface area contributed by atoms with Crippen LogP contribution in [-0.2, 0) is 9.59 Å². The molecule has 1 aliphatic rings. The monoisotopic (exact) mass is 254 g/mol. The lowest BCUT2D eigenvalue weighted by atomic mass is 10.1. The van der Waals surface area contributed by atoms with Gasteiger partial charge in [-0.15, -0.1) is 6.58 Å². The van der Waals surface area contributed by atoms with Crippen molar-refractivity contribution in [3.05, 3.63) is 24.3 Å². The molecule has 92 valence electrons. The number of carbonyl (C=O) groups excluding carboxylic acids is 2. The van der Waals surface area contributed by atoms with Gasteiger partial charge in [-0.2, -0.15) is 0 Å². The highest BCUT2D eigenvalue weighted by Gasteiger charge is 2.32. The van der Waals surface area contributed by atoms with Crippen molar-refractivity contribution >= 4 is 29.1 Å². The second kappa shape index (κ2) is 5.70. The van der Waals surface area contributed by atoms with Crippen LogP contribution in [0.2, 0.25) is 0 Å². The van der Waals surface area contributed by atoms with Crippen molar-refractivity contribution in [1.82, 2.24) is 10.2 Å². The summed E-state index contributed by atoms with van der Waals surface area (Å²) in [5, 5.41) is 11.6.